The number of hydrogen-bond donors (Lipinski definition) is 2. The third-order valence-electron chi connectivity index (χ3n) is 7.00. The molecule has 0 fully saturated rings. The standard InChI is InChI=1S/C30H32FNO6/c1-18(2)27(25-16-21(31)7-12-26(25)37-4)30(35,14-13-19-5-9-23(36-3)10-6-19)29(34)32-22-8-11-24-20(15-22)17-38-28(24)33/h5-12,15-16,18,27,35H,13-14,17H2,1-4H3,(H,32,34). The summed E-state index contributed by atoms with van der Waals surface area (Å²) in [6.07, 6.45) is 0.432. The first-order chi connectivity index (χ1) is 18.2. The third-order valence-corrected chi connectivity index (χ3v) is 7.00. The summed E-state index contributed by atoms with van der Waals surface area (Å²) in [6.45, 7) is 3.87. The normalized spacial score (nSPS) is 14.9. The number of fused-ring (bicyclic) bond motifs is 1. The lowest BCUT2D eigenvalue weighted by Crippen LogP contribution is -2.50. The third kappa shape index (κ3) is 5.50. The number of halogens is 1. The second kappa shape index (κ2) is 11.2. The lowest BCUT2D eigenvalue weighted by molar-refractivity contribution is -0.139. The molecule has 0 radical (unpaired) electrons. The van der Waals surface area contributed by atoms with E-state index in [0.717, 1.165) is 5.56 Å². The molecule has 2 atom stereocenters. The van der Waals surface area contributed by atoms with Crippen molar-refractivity contribution in [3.8, 4) is 11.5 Å². The summed E-state index contributed by atoms with van der Waals surface area (Å²) in [5.74, 6) is -1.52. The molecule has 38 heavy (non-hydrogen) atoms. The van der Waals surface area contributed by atoms with Crippen LogP contribution in [-0.2, 0) is 22.6 Å². The number of rotatable bonds is 10. The van der Waals surface area contributed by atoms with Gasteiger partial charge in [0, 0.05) is 22.7 Å². The molecule has 0 aliphatic carbocycles. The molecule has 2 unspecified atom stereocenters. The highest BCUT2D eigenvalue weighted by Crippen LogP contribution is 2.43. The van der Waals surface area contributed by atoms with Crippen molar-refractivity contribution < 1.29 is 33.3 Å². The highest BCUT2D eigenvalue weighted by Gasteiger charge is 2.47. The van der Waals surface area contributed by atoms with Crippen LogP contribution in [0.4, 0.5) is 10.1 Å². The molecular weight excluding hydrogens is 489 g/mol. The van der Waals surface area contributed by atoms with E-state index in [-0.39, 0.29) is 18.9 Å². The molecular formula is C30H32FNO6. The molecule has 8 heteroatoms. The molecule has 3 aromatic carbocycles. The number of carbonyl (C=O) groups excluding carboxylic acids is 2. The summed E-state index contributed by atoms with van der Waals surface area (Å²) in [7, 11) is 3.05. The molecule has 0 aromatic heterocycles. The van der Waals surface area contributed by atoms with Crippen molar-refractivity contribution >= 4 is 17.6 Å². The van der Waals surface area contributed by atoms with E-state index in [1.807, 2.05) is 38.1 Å². The van der Waals surface area contributed by atoms with Crippen LogP contribution in [0.25, 0.3) is 0 Å². The molecule has 0 saturated heterocycles. The van der Waals surface area contributed by atoms with Crippen LogP contribution in [0, 0.1) is 11.7 Å². The van der Waals surface area contributed by atoms with Gasteiger partial charge in [-0.05, 0) is 72.9 Å². The van der Waals surface area contributed by atoms with Gasteiger partial charge in [0.2, 0.25) is 0 Å². The van der Waals surface area contributed by atoms with Crippen molar-refractivity contribution in [2.45, 2.75) is 44.8 Å². The summed E-state index contributed by atoms with van der Waals surface area (Å²) in [5.41, 5.74) is 0.884. The van der Waals surface area contributed by atoms with E-state index < -0.39 is 29.2 Å². The maximum Gasteiger partial charge on any atom is 0.338 e. The van der Waals surface area contributed by atoms with Gasteiger partial charge in [0.15, 0.2) is 5.60 Å². The quantitative estimate of drug-likeness (QED) is 0.354. The second-order valence-corrected chi connectivity index (χ2v) is 9.78. The average molecular weight is 522 g/mol. The van der Waals surface area contributed by atoms with Crippen LogP contribution >= 0.6 is 0 Å². The number of hydrogen-bond acceptors (Lipinski definition) is 6. The lowest BCUT2D eigenvalue weighted by Gasteiger charge is -2.38. The van der Waals surface area contributed by atoms with Gasteiger partial charge < -0.3 is 24.6 Å². The molecule has 1 aliphatic heterocycles. The maximum atomic E-state index is 14.4. The molecule has 1 amide bonds. The summed E-state index contributed by atoms with van der Waals surface area (Å²) in [4.78, 5) is 25.7. The predicted octanol–water partition coefficient (Wildman–Crippen LogP) is 5.26. The van der Waals surface area contributed by atoms with Gasteiger partial charge >= 0.3 is 5.97 Å². The fourth-order valence-electron chi connectivity index (χ4n) is 5.10. The predicted molar refractivity (Wildman–Crippen MR) is 141 cm³/mol. The number of benzene rings is 3. The zero-order chi connectivity index (χ0) is 27.4. The number of anilines is 1. The zero-order valence-corrected chi connectivity index (χ0v) is 21.9. The zero-order valence-electron chi connectivity index (χ0n) is 21.9. The van der Waals surface area contributed by atoms with Gasteiger partial charge in [-0.2, -0.15) is 0 Å². The number of esters is 1. The first-order valence-corrected chi connectivity index (χ1v) is 12.5. The van der Waals surface area contributed by atoms with Gasteiger partial charge in [0.05, 0.1) is 19.8 Å². The van der Waals surface area contributed by atoms with Gasteiger partial charge in [-0.25, -0.2) is 9.18 Å². The van der Waals surface area contributed by atoms with Crippen LogP contribution in [0.3, 0.4) is 0 Å². The first kappa shape index (κ1) is 27.1. The lowest BCUT2D eigenvalue weighted by atomic mass is 9.71. The van der Waals surface area contributed by atoms with Crippen LogP contribution in [0.5, 0.6) is 11.5 Å². The van der Waals surface area contributed by atoms with Crippen molar-refractivity contribution in [3.05, 3.63) is 88.7 Å². The summed E-state index contributed by atoms with van der Waals surface area (Å²) < 4.78 is 30.2. The van der Waals surface area contributed by atoms with Crippen LogP contribution in [0.15, 0.2) is 60.7 Å². The molecule has 1 aliphatic rings. The minimum Gasteiger partial charge on any atom is -0.497 e. The Morgan fingerprint density at radius 3 is 2.47 bits per heavy atom. The molecule has 4 rings (SSSR count). The number of methoxy groups -OCH3 is 2. The molecule has 0 spiro atoms. The first-order valence-electron chi connectivity index (χ1n) is 12.5. The number of amides is 1. The van der Waals surface area contributed by atoms with E-state index in [1.165, 1.54) is 25.3 Å². The summed E-state index contributed by atoms with van der Waals surface area (Å²) >= 11 is 0. The Balaban J connectivity index is 1.72. The number of aliphatic hydroxyl groups is 1. The van der Waals surface area contributed by atoms with Crippen molar-refractivity contribution in [1.82, 2.24) is 0 Å². The molecule has 0 saturated carbocycles. The Morgan fingerprint density at radius 2 is 1.82 bits per heavy atom. The molecule has 0 bridgehead atoms. The largest absolute Gasteiger partial charge is 0.497 e. The van der Waals surface area contributed by atoms with Gasteiger partial charge in [-0.3, -0.25) is 4.79 Å². The van der Waals surface area contributed by atoms with E-state index in [4.69, 9.17) is 14.2 Å². The molecule has 7 nitrogen and oxygen atoms in total. The van der Waals surface area contributed by atoms with Gasteiger partial charge in [0.25, 0.3) is 5.91 Å². The number of cyclic esters (lactones) is 1. The van der Waals surface area contributed by atoms with E-state index in [1.54, 1.807) is 25.3 Å². The number of ether oxygens (including phenoxy) is 3. The van der Waals surface area contributed by atoms with Crippen molar-refractivity contribution in [1.29, 1.82) is 0 Å². The SMILES string of the molecule is COc1ccc(CCC(O)(C(=O)Nc2ccc3c(c2)COC3=O)C(c2cc(F)ccc2OC)C(C)C)cc1. The van der Waals surface area contributed by atoms with E-state index in [0.29, 0.717) is 40.3 Å². The molecule has 3 aromatic rings. The fraction of sp³-hybridized carbons (Fsp3) is 0.333. The highest BCUT2D eigenvalue weighted by atomic mass is 19.1. The highest BCUT2D eigenvalue weighted by molar-refractivity contribution is 5.99. The second-order valence-electron chi connectivity index (χ2n) is 9.78. The minimum absolute atomic E-state index is 0.0558. The summed E-state index contributed by atoms with van der Waals surface area (Å²) in [5, 5.41) is 15.1. The van der Waals surface area contributed by atoms with Crippen molar-refractivity contribution in [2.75, 3.05) is 19.5 Å². The molecule has 2 N–H and O–H groups in total. The number of aryl methyl sites for hydroxylation is 1. The smallest absolute Gasteiger partial charge is 0.338 e. The minimum atomic E-state index is -1.94. The van der Waals surface area contributed by atoms with E-state index in [9.17, 15) is 19.1 Å². The van der Waals surface area contributed by atoms with Crippen LogP contribution in [0.2, 0.25) is 0 Å². The monoisotopic (exact) mass is 521 g/mol. The fourth-order valence-corrected chi connectivity index (χ4v) is 5.10. The summed E-state index contributed by atoms with van der Waals surface area (Å²) in [6, 6.07) is 16.3. The van der Waals surface area contributed by atoms with Crippen LogP contribution in [-0.4, -0.2) is 36.8 Å². The number of nitrogens with one attached hydrogen (secondary N) is 1. The maximum absolute atomic E-state index is 14.4. The topological polar surface area (TPSA) is 94.1 Å². The number of carbonyl (C=O) groups is 2. The van der Waals surface area contributed by atoms with Gasteiger partial charge in [0.1, 0.15) is 23.9 Å². The van der Waals surface area contributed by atoms with Gasteiger partial charge in [-0.15, -0.1) is 0 Å². The Hall–Kier alpha value is -3.91. The Labute approximate surface area is 221 Å². The van der Waals surface area contributed by atoms with E-state index >= 15 is 0 Å². The van der Waals surface area contributed by atoms with E-state index in [2.05, 4.69) is 5.32 Å². The molecule has 1 heterocycles. The molecule has 200 valence electrons. The van der Waals surface area contributed by atoms with Gasteiger partial charge in [-0.1, -0.05) is 26.0 Å². The van der Waals surface area contributed by atoms with Crippen LogP contribution < -0.4 is 14.8 Å². The van der Waals surface area contributed by atoms with Crippen molar-refractivity contribution in [2.24, 2.45) is 5.92 Å². The average Bonchev–Trinajstić information content (AvgIpc) is 3.27. The Kier molecular flexibility index (Phi) is 8.02. The van der Waals surface area contributed by atoms with Crippen LogP contribution in [0.1, 0.15) is 53.2 Å². The van der Waals surface area contributed by atoms with Crippen molar-refractivity contribution in [3.63, 3.8) is 0 Å². The Bertz CT molecular complexity index is 1320. The Morgan fingerprint density at radius 1 is 1.08 bits per heavy atom.